The molecule has 106 valence electrons. The fraction of sp³-hybridized carbons (Fsp3) is 0.368. The molecule has 0 aliphatic rings. The molecule has 1 nitrogen and oxygen atoms in total. The molecule has 0 bridgehead atoms. The Labute approximate surface area is 123 Å². The molecular formula is C19H25N. The maximum atomic E-state index is 3.55. The first-order valence-corrected chi connectivity index (χ1v) is 7.70. The van der Waals surface area contributed by atoms with Gasteiger partial charge in [0.25, 0.3) is 0 Å². The number of anilines is 1. The van der Waals surface area contributed by atoms with E-state index in [0.717, 1.165) is 0 Å². The Kier molecular flexibility index (Phi) is 5.67. The fourth-order valence-corrected chi connectivity index (χ4v) is 2.42. The number of nitrogens with one attached hydrogen (secondary N) is 1. The number of aryl methyl sites for hydroxylation is 1. The summed E-state index contributed by atoms with van der Waals surface area (Å²) >= 11 is 0. The molecule has 0 saturated carbocycles. The largest absolute Gasteiger partial charge is 0.379 e. The van der Waals surface area contributed by atoms with Crippen LogP contribution in [-0.4, -0.2) is 0 Å². The molecule has 0 fully saturated rings. The van der Waals surface area contributed by atoms with E-state index in [1.54, 1.807) is 0 Å². The van der Waals surface area contributed by atoms with Gasteiger partial charge in [-0.05, 0) is 43.0 Å². The summed E-state index contributed by atoms with van der Waals surface area (Å²) in [5.74, 6) is 0. The van der Waals surface area contributed by atoms with Gasteiger partial charge in [0, 0.05) is 11.7 Å². The molecule has 0 amide bonds. The van der Waals surface area contributed by atoms with E-state index in [9.17, 15) is 0 Å². The zero-order valence-electron chi connectivity index (χ0n) is 12.6. The molecule has 20 heavy (non-hydrogen) atoms. The lowest BCUT2D eigenvalue weighted by Crippen LogP contribution is -2.06. The summed E-state index contributed by atoms with van der Waals surface area (Å²) in [5, 5.41) is 3.55. The highest BCUT2D eigenvalue weighted by atomic mass is 14.9. The van der Waals surface area contributed by atoms with Gasteiger partial charge in [0.1, 0.15) is 0 Å². The molecule has 1 heteroatoms. The maximum absolute atomic E-state index is 3.55. The van der Waals surface area contributed by atoms with Gasteiger partial charge in [0.15, 0.2) is 0 Å². The van der Waals surface area contributed by atoms with Gasteiger partial charge in [-0.2, -0.15) is 0 Å². The van der Waals surface area contributed by atoms with Crippen LogP contribution in [0.25, 0.3) is 0 Å². The molecule has 0 saturated heterocycles. The number of benzene rings is 2. The standard InChI is InChI=1S/C19H25N/c1-3-4-6-9-17-12-14-19(15-13-17)20-16(2)18-10-7-5-8-11-18/h5,7-8,10-16,20H,3-4,6,9H2,1-2H3. The molecule has 1 atom stereocenters. The van der Waals surface area contributed by atoms with Crippen LogP contribution >= 0.6 is 0 Å². The van der Waals surface area contributed by atoms with Crippen LogP contribution < -0.4 is 5.32 Å². The Morgan fingerprint density at radius 2 is 1.60 bits per heavy atom. The van der Waals surface area contributed by atoms with Crippen molar-refractivity contribution in [2.45, 2.75) is 45.6 Å². The molecule has 0 aromatic heterocycles. The predicted octanol–water partition coefficient (Wildman–Crippen LogP) is 5.59. The highest BCUT2D eigenvalue weighted by Gasteiger charge is 2.04. The zero-order chi connectivity index (χ0) is 14.2. The van der Waals surface area contributed by atoms with E-state index < -0.39 is 0 Å². The number of hydrogen-bond acceptors (Lipinski definition) is 1. The van der Waals surface area contributed by atoms with Crippen molar-refractivity contribution < 1.29 is 0 Å². The fourth-order valence-electron chi connectivity index (χ4n) is 2.42. The molecule has 2 aromatic rings. The van der Waals surface area contributed by atoms with E-state index in [4.69, 9.17) is 0 Å². The van der Waals surface area contributed by atoms with Crippen LogP contribution in [0, 0.1) is 0 Å². The molecule has 1 unspecified atom stereocenters. The molecule has 2 rings (SSSR count). The molecular weight excluding hydrogens is 242 g/mol. The SMILES string of the molecule is CCCCCc1ccc(NC(C)c2ccccc2)cc1. The minimum Gasteiger partial charge on any atom is -0.379 e. The molecule has 0 aliphatic heterocycles. The van der Waals surface area contributed by atoms with Crippen molar-refractivity contribution in [3.8, 4) is 0 Å². The van der Waals surface area contributed by atoms with E-state index >= 15 is 0 Å². The van der Waals surface area contributed by atoms with Crippen LogP contribution in [0.2, 0.25) is 0 Å². The van der Waals surface area contributed by atoms with Crippen molar-refractivity contribution >= 4 is 5.69 Å². The smallest absolute Gasteiger partial charge is 0.0485 e. The van der Waals surface area contributed by atoms with Crippen LogP contribution in [0.3, 0.4) is 0 Å². The van der Waals surface area contributed by atoms with Crippen molar-refractivity contribution in [2.24, 2.45) is 0 Å². The van der Waals surface area contributed by atoms with E-state index in [1.165, 1.54) is 42.5 Å². The van der Waals surface area contributed by atoms with E-state index in [-0.39, 0.29) is 0 Å². The topological polar surface area (TPSA) is 12.0 Å². The second-order valence-electron chi connectivity index (χ2n) is 5.43. The third-order valence-corrected chi connectivity index (χ3v) is 3.71. The highest BCUT2D eigenvalue weighted by Crippen LogP contribution is 2.19. The molecule has 2 aromatic carbocycles. The van der Waals surface area contributed by atoms with Crippen molar-refractivity contribution in [1.82, 2.24) is 0 Å². The third-order valence-electron chi connectivity index (χ3n) is 3.71. The second-order valence-corrected chi connectivity index (χ2v) is 5.43. The van der Waals surface area contributed by atoms with Crippen LogP contribution in [0.4, 0.5) is 5.69 Å². The summed E-state index contributed by atoms with van der Waals surface area (Å²) in [6.07, 6.45) is 5.10. The molecule has 0 aliphatic carbocycles. The summed E-state index contributed by atoms with van der Waals surface area (Å²) in [6.45, 7) is 4.45. The van der Waals surface area contributed by atoms with E-state index in [0.29, 0.717) is 6.04 Å². The summed E-state index contributed by atoms with van der Waals surface area (Å²) in [7, 11) is 0. The monoisotopic (exact) mass is 267 g/mol. The first-order valence-electron chi connectivity index (χ1n) is 7.70. The lowest BCUT2D eigenvalue weighted by atomic mass is 10.1. The van der Waals surface area contributed by atoms with Gasteiger partial charge in [-0.25, -0.2) is 0 Å². The number of unbranched alkanes of at least 4 members (excludes halogenated alkanes) is 2. The zero-order valence-corrected chi connectivity index (χ0v) is 12.6. The van der Waals surface area contributed by atoms with Gasteiger partial charge in [-0.1, -0.05) is 62.2 Å². The van der Waals surface area contributed by atoms with Crippen LogP contribution in [0.1, 0.15) is 50.3 Å². The Morgan fingerprint density at radius 3 is 2.25 bits per heavy atom. The predicted molar refractivity (Wildman–Crippen MR) is 88.2 cm³/mol. The van der Waals surface area contributed by atoms with E-state index in [2.05, 4.69) is 73.8 Å². The first kappa shape index (κ1) is 14.6. The first-order chi connectivity index (χ1) is 9.79. The summed E-state index contributed by atoms with van der Waals surface area (Å²) in [6, 6.07) is 19.8. The van der Waals surface area contributed by atoms with E-state index in [1.807, 2.05) is 0 Å². The minimum atomic E-state index is 0.335. The summed E-state index contributed by atoms with van der Waals surface area (Å²) in [4.78, 5) is 0. The quantitative estimate of drug-likeness (QED) is 0.644. The van der Waals surface area contributed by atoms with Gasteiger partial charge >= 0.3 is 0 Å². The number of hydrogen-bond donors (Lipinski definition) is 1. The molecule has 1 N–H and O–H groups in total. The van der Waals surface area contributed by atoms with Crippen molar-refractivity contribution in [1.29, 1.82) is 0 Å². The van der Waals surface area contributed by atoms with Crippen molar-refractivity contribution in [3.63, 3.8) is 0 Å². The third kappa shape index (κ3) is 4.41. The molecule has 0 heterocycles. The van der Waals surface area contributed by atoms with Crippen LogP contribution in [-0.2, 0) is 6.42 Å². The Morgan fingerprint density at radius 1 is 0.900 bits per heavy atom. The minimum absolute atomic E-state index is 0.335. The highest BCUT2D eigenvalue weighted by molar-refractivity contribution is 5.46. The Bertz CT molecular complexity index is 487. The van der Waals surface area contributed by atoms with Crippen molar-refractivity contribution in [2.75, 3.05) is 5.32 Å². The van der Waals surface area contributed by atoms with Crippen molar-refractivity contribution in [3.05, 3.63) is 65.7 Å². The van der Waals surface area contributed by atoms with Crippen LogP contribution in [0.15, 0.2) is 54.6 Å². The summed E-state index contributed by atoms with van der Waals surface area (Å²) < 4.78 is 0. The van der Waals surface area contributed by atoms with Gasteiger partial charge in [0.2, 0.25) is 0 Å². The van der Waals surface area contributed by atoms with Gasteiger partial charge in [-0.15, -0.1) is 0 Å². The average Bonchev–Trinajstić information content (AvgIpc) is 2.50. The lowest BCUT2D eigenvalue weighted by Gasteiger charge is -2.16. The van der Waals surface area contributed by atoms with Gasteiger partial charge in [-0.3, -0.25) is 0 Å². The van der Waals surface area contributed by atoms with Crippen LogP contribution in [0.5, 0.6) is 0 Å². The van der Waals surface area contributed by atoms with Gasteiger partial charge in [0.05, 0.1) is 0 Å². The summed E-state index contributed by atoms with van der Waals surface area (Å²) in [5.41, 5.74) is 3.96. The molecule has 0 spiro atoms. The Balaban J connectivity index is 1.90. The number of rotatable bonds is 7. The molecule has 0 radical (unpaired) electrons. The average molecular weight is 267 g/mol. The maximum Gasteiger partial charge on any atom is 0.0485 e. The lowest BCUT2D eigenvalue weighted by molar-refractivity contribution is 0.717. The second kappa shape index (κ2) is 7.74. The van der Waals surface area contributed by atoms with Gasteiger partial charge < -0.3 is 5.32 Å². The normalized spacial score (nSPS) is 12.1. The Hall–Kier alpha value is -1.76.